The van der Waals surface area contributed by atoms with Crippen molar-refractivity contribution < 1.29 is 15.0 Å². The predicted octanol–water partition coefficient (Wildman–Crippen LogP) is 1.49. The van der Waals surface area contributed by atoms with E-state index in [0.29, 0.717) is 30.0 Å². The summed E-state index contributed by atoms with van der Waals surface area (Å²) in [6, 6.07) is 7.35. The summed E-state index contributed by atoms with van der Waals surface area (Å²) in [5, 5.41) is 18.9. The van der Waals surface area contributed by atoms with Crippen LogP contribution in [0.1, 0.15) is 23.4 Å². The molecule has 3 rings (SSSR count). The molecular formula is C16H17N5O3. The van der Waals surface area contributed by atoms with Crippen molar-refractivity contribution in [3.63, 3.8) is 0 Å². The Morgan fingerprint density at radius 3 is 2.75 bits per heavy atom. The first-order valence-electron chi connectivity index (χ1n) is 7.43. The molecule has 4 N–H and O–H groups in total. The number of aromatic hydroxyl groups is 1. The van der Waals surface area contributed by atoms with E-state index in [1.54, 1.807) is 11.5 Å². The van der Waals surface area contributed by atoms with Gasteiger partial charge in [-0.1, -0.05) is 24.3 Å². The zero-order valence-corrected chi connectivity index (χ0v) is 13.1. The lowest BCUT2D eigenvalue weighted by Crippen LogP contribution is -2.04. The third-order valence-corrected chi connectivity index (χ3v) is 3.67. The number of nitrogen functional groups attached to an aromatic ring is 1. The molecule has 124 valence electrons. The molecule has 0 amide bonds. The van der Waals surface area contributed by atoms with Gasteiger partial charge in [0, 0.05) is 6.42 Å². The number of aryl methyl sites for hydroxylation is 2. The third-order valence-electron chi connectivity index (χ3n) is 3.67. The average molecular weight is 327 g/mol. The number of anilines is 1. The molecule has 8 nitrogen and oxygen atoms in total. The standard InChI is InChI=1S/C16H17N5O3/c1-9-18-14(17)13-15(19-9)21(16(24)20-13)8-11-4-2-3-10(7-11)5-6-12(22)23/h2-4,7H,5-6,8H2,1H3,(H,20,24)(H,22,23)(H2,17,18,19). The number of hydrogen-bond acceptors (Lipinski definition) is 6. The summed E-state index contributed by atoms with van der Waals surface area (Å²) in [6.45, 7) is 2.07. The molecule has 0 aliphatic rings. The van der Waals surface area contributed by atoms with Gasteiger partial charge in [-0.3, -0.25) is 9.36 Å². The van der Waals surface area contributed by atoms with Gasteiger partial charge in [-0.05, 0) is 24.5 Å². The van der Waals surface area contributed by atoms with Gasteiger partial charge >= 0.3 is 5.97 Å². The maximum Gasteiger partial charge on any atom is 0.303 e. The van der Waals surface area contributed by atoms with Crippen LogP contribution in [0.4, 0.5) is 5.82 Å². The van der Waals surface area contributed by atoms with Crippen LogP contribution >= 0.6 is 0 Å². The number of carbonyl (C=O) groups is 1. The van der Waals surface area contributed by atoms with Gasteiger partial charge in [0.25, 0.3) is 6.01 Å². The van der Waals surface area contributed by atoms with Crippen LogP contribution in [0.2, 0.25) is 0 Å². The highest BCUT2D eigenvalue weighted by Crippen LogP contribution is 2.24. The van der Waals surface area contributed by atoms with E-state index in [9.17, 15) is 9.90 Å². The Bertz CT molecular complexity index is 919. The van der Waals surface area contributed by atoms with E-state index < -0.39 is 5.97 Å². The molecule has 0 aliphatic carbocycles. The van der Waals surface area contributed by atoms with Crippen molar-refractivity contribution in [1.29, 1.82) is 0 Å². The van der Waals surface area contributed by atoms with Gasteiger partial charge in [-0.2, -0.15) is 4.98 Å². The smallest absolute Gasteiger partial charge is 0.303 e. The van der Waals surface area contributed by atoms with Crippen LogP contribution in [0.15, 0.2) is 24.3 Å². The second-order valence-corrected chi connectivity index (χ2v) is 5.54. The van der Waals surface area contributed by atoms with Crippen molar-refractivity contribution >= 4 is 23.0 Å². The van der Waals surface area contributed by atoms with Gasteiger partial charge in [0.15, 0.2) is 17.0 Å². The van der Waals surface area contributed by atoms with E-state index in [2.05, 4.69) is 15.0 Å². The third kappa shape index (κ3) is 3.12. The number of nitrogens with two attached hydrogens (primary N) is 1. The lowest BCUT2D eigenvalue weighted by molar-refractivity contribution is -0.136. The highest BCUT2D eigenvalue weighted by Gasteiger charge is 2.15. The van der Waals surface area contributed by atoms with Gasteiger partial charge in [-0.15, -0.1) is 0 Å². The highest BCUT2D eigenvalue weighted by molar-refractivity contribution is 5.82. The molecule has 1 aromatic carbocycles. The summed E-state index contributed by atoms with van der Waals surface area (Å²) in [6.07, 6.45) is 0.528. The molecule has 0 atom stereocenters. The molecule has 0 aliphatic heterocycles. The summed E-state index contributed by atoms with van der Waals surface area (Å²) < 4.78 is 1.55. The quantitative estimate of drug-likeness (QED) is 0.647. The molecule has 2 heterocycles. The van der Waals surface area contributed by atoms with Crippen LogP contribution in [0.3, 0.4) is 0 Å². The number of rotatable bonds is 5. The number of hydrogen-bond donors (Lipinski definition) is 3. The molecule has 0 saturated heterocycles. The van der Waals surface area contributed by atoms with Crippen LogP contribution < -0.4 is 5.73 Å². The normalized spacial score (nSPS) is 11.0. The van der Waals surface area contributed by atoms with E-state index in [1.807, 2.05) is 24.3 Å². The molecule has 8 heteroatoms. The number of aromatic nitrogens is 4. The van der Waals surface area contributed by atoms with E-state index in [1.165, 1.54) is 0 Å². The largest absolute Gasteiger partial charge is 0.481 e. The molecule has 0 saturated carbocycles. The zero-order valence-electron chi connectivity index (χ0n) is 13.1. The van der Waals surface area contributed by atoms with Crippen LogP contribution in [0, 0.1) is 6.92 Å². The Morgan fingerprint density at radius 1 is 1.25 bits per heavy atom. The summed E-state index contributed by atoms with van der Waals surface area (Å²) in [5.41, 5.74) is 8.48. The van der Waals surface area contributed by atoms with Gasteiger partial charge in [0.05, 0.1) is 6.54 Å². The fourth-order valence-electron chi connectivity index (χ4n) is 2.59. The number of benzene rings is 1. The van der Waals surface area contributed by atoms with Crippen molar-refractivity contribution in [2.45, 2.75) is 26.3 Å². The average Bonchev–Trinajstić information content (AvgIpc) is 2.83. The number of carboxylic acids is 1. The number of nitrogens with zero attached hydrogens (tertiary/aromatic N) is 4. The van der Waals surface area contributed by atoms with Crippen LogP contribution in [0.25, 0.3) is 11.2 Å². The Labute approximate surface area is 137 Å². The van der Waals surface area contributed by atoms with Gasteiger partial charge in [-0.25, -0.2) is 9.97 Å². The number of carboxylic acid groups (broad SMARTS) is 1. The number of fused-ring (bicyclic) bond motifs is 1. The Morgan fingerprint density at radius 2 is 2.00 bits per heavy atom. The monoisotopic (exact) mass is 327 g/mol. The minimum atomic E-state index is -0.832. The topological polar surface area (TPSA) is 127 Å². The SMILES string of the molecule is Cc1nc(N)c2nc(O)n(Cc3cccc(CCC(=O)O)c3)c2n1. The number of imidazole rings is 1. The van der Waals surface area contributed by atoms with Gasteiger partial charge < -0.3 is 15.9 Å². The molecule has 2 aromatic heterocycles. The predicted molar refractivity (Wildman–Crippen MR) is 87.6 cm³/mol. The molecule has 0 fully saturated rings. The van der Waals surface area contributed by atoms with Crippen LogP contribution in [0.5, 0.6) is 6.01 Å². The summed E-state index contributed by atoms with van der Waals surface area (Å²) in [4.78, 5) is 23.1. The lowest BCUT2D eigenvalue weighted by atomic mass is 10.1. The molecule has 0 bridgehead atoms. The molecule has 3 aromatic rings. The second-order valence-electron chi connectivity index (χ2n) is 5.54. The highest BCUT2D eigenvalue weighted by atomic mass is 16.4. The molecule has 0 spiro atoms. The number of aliphatic carboxylic acids is 1. The summed E-state index contributed by atoms with van der Waals surface area (Å²) in [7, 11) is 0. The van der Waals surface area contributed by atoms with Crippen molar-refractivity contribution in [3.8, 4) is 6.01 Å². The fraction of sp³-hybridized carbons (Fsp3) is 0.250. The van der Waals surface area contributed by atoms with Crippen molar-refractivity contribution in [3.05, 3.63) is 41.2 Å². The van der Waals surface area contributed by atoms with E-state index in [0.717, 1.165) is 11.1 Å². The fourth-order valence-corrected chi connectivity index (χ4v) is 2.59. The maximum atomic E-state index is 10.7. The van der Waals surface area contributed by atoms with E-state index in [-0.39, 0.29) is 18.2 Å². The Balaban J connectivity index is 1.94. The minimum absolute atomic E-state index is 0.0751. The molecule has 0 radical (unpaired) electrons. The van der Waals surface area contributed by atoms with Gasteiger partial charge in [0.1, 0.15) is 5.82 Å². The summed E-state index contributed by atoms with van der Waals surface area (Å²) >= 11 is 0. The van der Waals surface area contributed by atoms with Crippen molar-refractivity contribution in [1.82, 2.24) is 19.5 Å². The molecule has 0 unspecified atom stereocenters. The second kappa shape index (κ2) is 6.15. The van der Waals surface area contributed by atoms with Crippen molar-refractivity contribution in [2.75, 3.05) is 5.73 Å². The van der Waals surface area contributed by atoms with Crippen LogP contribution in [-0.4, -0.2) is 35.7 Å². The minimum Gasteiger partial charge on any atom is -0.481 e. The first kappa shape index (κ1) is 15.7. The molecular weight excluding hydrogens is 310 g/mol. The Kier molecular flexibility index (Phi) is 4.03. The van der Waals surface area contributed by atoms with E-state index >= 15 is 0 Å². The van der Waals surface area contributed by atoms with E-state index in [4.69, 9.17) is 10.8 Å². The first-order chi connectivity index (χ1) is 11.4. The van der Waals surface area contributed by atoms with Crippen LogP contribution in [-0.2, 0) is 17.8 Å². The maximum absolute atomic E-state index is 10.7. The van der Waals surface area contributed by atoms with Gasteiger partial charge in [0.2, 0.25) is 0 Å². The van der Waals surface area contributed by atoms with Crippen molar-refractivity contribution in [2.24, 2.45) is 0 Å². The molecule has 24 heavy (non-hydrogen) atoms. The zero-order chi connectivity index (χ0) is 17.3. The summed E-state index contributed by atoms with van der Waals surface area (Å²) in [5.74, 6) is -0.112. The first-order valence-corrected chi connectivity index (χ1v) is 7.43. The Hall–Kier alpha value is -3.16. The lowest BCUT2D eigenvalue weighted by Gasteiger charge is -2.08.